The topological polar surface area (TPSA) is 46.3 Å². The summed E-state index contributed by atoms with van der Waals surface area (Å²) < 4.78 is 38.4. The van der Waals surface area contributed by atoms with Gasteiger partial charge in [-0.1, -0.05) is 13.0 Å². The molecule has 2 N–H and O–H groups in total. The first-order valence-electron chi connectivity index (χ1n) is 6.46. The van der Waals surface area contributed by atoms with Gasteiger partial charge < -0.3 is 10.6 Å². The van der Waals surface area contributed by atoms with Gasteiger partial charge in [-0.25, -0.2) is 0 Å². The zero-order valence-corrected chi connectivity index (χ0v) is 11.8. The molecular formula is C14H19F3N2O. The molecule has 1 aromatic carbocycles. The third-order valence-electron chi connectivity index (χ3n) is 2.99. The van der Waals surface area contributed by atoms with Crippen molar-refractivity contribution in [2.75, 3.05) is 12.3 Å². The van der Waals surface area contributed by atoms with Gasteiger partial charge in [0.15, 0.2) is 0 Å². The Morgan fingerprint density at radius 1 is 1.35 bits per heavy atom. The van der Waals surface area contributed by atoms with Crippen LogP contribution in [0, 0.1) is 0 Å². The van der Waals surface area contributed by atoms with Crippen molar-refractivity contribution < 1.29 is 18.0 Å². The van der Waals surface area contributed by atoms with Crippen molar-refractivity contribution >= 4 is 11.6 Å². The van der Waals surface area contributed by atoms with E-state index in [0.717, 1.165) is 12.5 Å². The van der Waals surface area contributed by atoms with Gasteiger partial charge in [0.1, 0.15) is 0 Å². The van der Waals surface area contributed by atoms with E-state index in [0.29, 0.717) is 6.54 Å². The predicted octanol–water partition coefficient (Wildman–Crippen LogP) is 3.55. The van der Waals surface area contributed by atoms with Gasteiger partial charge in [-0.15, -0.1) is 0 Å². The van der Waals surface area contributed by atoms with Crippen LogP contribution in [0.25, 0.3) is 0 Å². The summed E-state index contributed by atoms with van der Waals surface area (Å²) in [6, 6.07) is 3.32. The fraction of sp³-hybridized carbons (Fsp3) is 0.500. The maximum Gasteiger partial charge on any atom is 0.418 e. The fourth-order valence-electron chi connectivity index (χ4n) is 1.99. The van der Waals surface area contributed by atoms with Gasteiger partial charge in [-0.2, -0.15) is 13.2 Å². The molecule has 1 aromatic rings. The Morgan fingerprint density at radius 2 is 1.95 bits per heavy atom. The number of amides is 1. The van der Waals surface area contributed by atoms with Crippen molar-refractivity contribution in [3.8, 4) is 0 Å². The minimum atomic E-state index is -4.56. The summed E-state index contributed by atoms with van der Waals surface area (Å²) in [7, 11) is 0. The number of nitrogens with zero attached hydrogens (tertiary/aromatic N) is 1. The minimum absolute atomic E-state index is 0.0954. The lowest BCUT2D eigenvalue weighted by Crippen LogP contribution is -2.38. The van der Waals surface area contributed by atoms with E-state index in [-0.39, 0.29) is 11.6 Å². The highest BCUT2D eigenvalue weighted by Crippen LogP contribution is 2.35. The van der Waals surface area contributed by atoms with Crippen molar-refractivity contribution in [1.29, 1.82) is 0 Å². The molecule has 1 amide bonds. The summed E-state index contributed by atoms with van der Waals surface area (Å²) in [5.74, 6) is -0.467. The number of benzene rings is 1. The first-order valence-corrected chi connectivity index (χ1v) is 6.46. The lowest BCUT2D eigenvalue weighted by Gasteiger charge is -2.27. The number of carbonyl (C=O) groups excluding carboxylic acids is 1. The molecule has 1 rings (SSSR count). The fourth-order valence-corrected chi connectivity index (χ4v) is 1.99. The molecule has 0 aliphatic carbocycles. The second-order valence-corrected chi connectivity index (χ2v) is 4.86. The molecular weight excluding hydrogens is 269 g/mol. The van der Waals surface area contributed by atoms with Gasteiger partial charge in [-0.05, 0) is 32.4 Å². The molecule has 0 radical (unpaired) electrons. The van der Waals surface area contributed by atoms with Gasteiger partial charge in [0.2, 0.25) is 0 Å². The molecule has 0 unspecified atom stereocenters. The van der Waals surface area contributed by atoms with E-state index in [4.69, 9.17) is 5.73 Å². The first kappa shape index (κ1) is 16.3. The van der Waals surface area contributed by atoms with E-state index in [1.165, 1.54) is 17.0 Å². The van der Waals surface area contributed by atoms with Crippen molar-refractivity contribution in [2.45, 2.75) is 39.4 Å². The summed E-state index contributed by atoms with van der Waals surface area (Å²) in [5.41, 5.74) is 3.97. The lowest BCUT2D eigenvalue weighted by atomic mass is 10.0. The maximum atomic E-state index is 12.8. The zero-order chi connectivity index (χ0) is 15.5. The van der Waals surface area contributed by atoms with Crippen LogP contribution in [-0.4, -0.2) is 23.4 Å². The maximum absolute atomic E-state index is 12.8. The van der Waals surface area contributed by atoms with Crippen LogP contribution in [0.1, 0.15) is 43.1 Å². The smallest absolute Gasteiger partial charge is 0.398 e. The number of carbonyl (C=O) groups is 1. The summed E-state index contributed by atoms with van der Waals surface area (Å²) in [4.78, 5) is 13.9. The molecule has 0 aliphatic rings. The zero-order valence-electron chi connectivity index (χ0n) is 11.8. The molecule has 0 heterocycles. The number of halogens is 3. The van der Waals surface area contributed by atoms with Crippen molar-refractivity contribution in [1.82, 2.24) is 4.90 Å². The lowest BCUT2D eigenvalue weighted by molar-refractivity contribution is -0.136. The second kappa shape index (κ2) is 6.15. The quantitative estimate of drug-likeness (QED) is 0.861. The van der Waals surface area contributed by atoms with Crippen molar-refractivity contribution in [3.63, 3.8) is 0 Å². The number of alkyl halides is 3. The highest BCUT2D eigenvalue weighted by Gasteiger charge is 2.35. The van der Waals surface area contributed by atoms with E-state index in [1.54, 1.807) is 0 Å². The Morgan fingerprint density at radius 3 is 2.40 bits per heavy atom. The highest BCUT2D eigenvalue weighted by atomic mass is 19.4. The standard InChI is InChI=1S/C14H19F3N2O/c1-4-8-19(9(2)3)13(20)10-6-5-7-11(12(10)18)14(15,16)17/h5-7,9H,4,8,18H2,1-3H3. The van der Waals surface area contributed by atoms with E-state index in [2.05, 4.69) is 0 Å². The van der Waals surface area contributed by atoms with Crippen LogP contribution in [0.2, 0.25) is 0 Å². The molecule has 112 valence electrons. The average Bonchev–Trinajstić information content (AvgIpc) is 2.33. The van der Waals surface area contributed by atoms with Crippen LogP contribution in [-0.2, 0) is 6.18 Å². The van der Waals surface area contributed by atoms with E-state index in [9.17, 15) is 18.0 Å². The summed E-state index contributed by atoms with van der Waals surface area (Å²) >= 11 is 0. The molecule has 0 saturated heterocycles. The van der Waals surface area contributed by atoms with Crippen LogP contribution < -0.4 is 5.73 Å². The largest absolute Gasteiger partial charge is 0.418 e. The molecule has 20 heavy (non-hydrogen) atoms. The SMILES string of the molecule is CCCN(C(=O)c1cccc(C(F)(F)F)c1N)C(C)C. The number of hydrogen-bond donors (Lipinski definition) is 1. The van der Waals surface area contributed by atoms with Crippen molar-refractivity contribution in [3.05, 3.63) is 29.3 Å². The van der Waals surface area contributed by atoms with Gasteiger partial charge in [0.05, 0.1) is 16.8 Å². The Labute approximate surface area is 116 Å². The molecule has 6 heteroatoms. The molecule has 0 aliphatic heterocycles. The van der Waals surface area contributed by atoms with E-state index < -0.39 is 23.3 Å². The number of nitrogens with two attached hydrogens (primary N) is 1. The molecule has 0 fully saturated rings. The van der Waals surface area contributed by atoms with Crippen LogP contribution in [0.4, 0.5) is 18.9 Å². The number of hydrogen-bond acceptors (Lipinski definition) is 2. The Hall–Kier alpha value is -1.72. The summed E-state index contributed by atoms with van der Waals surface area (Å²) in [6.07, 6.45) is -3.84. The van der Waals surface area contributed by atoms with Gasteiger partial charge in [0, 0.05) is 12.6 Å². The molecule has 0 saturated carbocycles. The van der Waals surface area contributed by atoms with E-state index >= 15 is 0 Å². The monoisotopic (exact) mass is 288 g/mol. The van der Waals surface area contributed by atoms with Crippen LogP contribution >= 0.6 is 0 Å². The number of nitrogen functional groups attached to an aromatic ring is 1. The first-order chi connectivity index (χ1) is 9.20. The average molecular weight is 288 g/mol. The van der Waals surface area contributed by atoms with Crippen molar-refractivity contribution in [2.24, 2.45) is 0 Å². The van der Waals surface area contributed by atoms with Crippen LogP contribution in [0.5, 0.6) is 0 Å². The summed E-state index contributed by atoms with van der Waals surface area (Å²) in [5, 5.41) is 0. The Bertz CT molecular complexity index is 484. The molecule has 0 aromatic heterocycles. The molecule has 0 spiro atoms. The molecule has 3 nitrogen and oxygen atoms in total. The van der Waals surface area contributed by atoms with Gasteiger partial charge in [-0.3, -0.25) is 4.79 Å². The molecule has 0 bridgehead atoms. The third kappa shape index (κ3) is 3.43. The number of rotatable bonds is 4. The van der Waals surface area contributed by atoms with Crippen LogP contribution in [0.15, 0.2) is 18.2 Å². The highest BCUT2D eigenvalue weighted by molar-refractivity contribution is 6.00. The molecule has 0 atom stereocenters. The van der Waals surface area contributed by atoms with Crippen LogP contribution in [0.3, 0.4) is 0 Å². The number of para-hydroxylation sites is 1. The Balaban J connectivity index is 3.23. The van der Waals surface area contributed by atoms with Gasteiger partial charge in [0.25, 0.3) is 5.91 Å². The predicted molar refractivity (Wildman–Crippen MR) is 72.3 cm³/mol. The second-order valence-electron chi connectivity index (χ2n) is 4.86. The van der Waals surface area contributed by atoms with E-state index in [1.807, 2.05) is 20.8 Å². The third-order valence-corrected chi connectivity index (χ3v) is 2.99. The Kier molecular flexibility index (Phi) is 5.03. The normalized spacial score (nSPS) is 11.8. The summed E-state index contributed by atoms with van der Waals surface area (Å²) in [6.45, 7) is 6.01. The number of anilines is 1. The minimum Gasteiger partial charge on any atom is -0.398 e. The van der Waals surface area contributed by atoms with Gasteiger partial charge >= 0.3 is 6.18 Å².